The Balaban J connectivity index is 3.01. The van der Waals surface area contributed by atoms with Crippen LogP contribution in [0.5, 0.6) is 0 Å². The summed E-state index contributed by atoms with van der Waals surface area (Å²) in [7, 11) is 0. The van der Waals surface area contributed by atoms with Gasteiger partial charge in [-0.15, -0.1) is 0 Å². The quantitative estimate of drug-likeness (QED) is 0.556. The molecule has 0 aliphatic heterocycles. The topological polar surface area (TPSA) is 25.8 Å². The van der Waals surface area contributed by atoms with Crippen LogP contribution in [-0.2, 0) is 0 Å². The zero-order chi connectivity index (χ0) is 6.69. The summed E-state index contributed by atoms with van der Waals surface area (Å²) in [5, 5.41) is 0.264. The molecule has 0 amide bonds. The molecule has 9 heavy (non-hydrogen) atoms. The Bertz CT molecular complexity index is 205. The minimum atomic E-state index is 0.264. The van der Waals surface area contributed by atoms with Gasteiger partial charge in [-0.3, -0.25) is 0 Å². The van der Waals surface area contributed by atoms with Crippen molar-refractivity contribution in [2.75, 3.05) is 0 Å². The molecule has 0 fully saturated rings. The maximum absolute atomic E-state index is 5.41. The summed E-state index contributed by atoms with van der Waals surface area (Å²) in [6.45, 7) is 3.54. The Morgan fingerprint density at radius 2 is 2.00 bits per heavy atom. The summed E-state index contributed by atoms with van der Waals surface area (Å²) in [6, 6.07) is 0. The lowest BCUT2D eigenvalue weighted by Crippen LogP contribution is -1.80. The molecule has 0 aliphatic rings. The first-order chi connectivity index (χ1) is 4.33. The standard InChI is InChI=1S/C6H5ClN2/c1-2-5-3-8-6(7)9-4-5/h2-4H,1H2. The van der Waals surface area contributed by atoms with E-state index in [9.17, 15) is 0 Å². The normalized spacial score (nSPS) is 9.00. The largest absolute Gasteiger partial charge is 0.226 e. The number of rotatable bonds is 1. The van der Waals surface area contributed by atoms with E-state index in [0.717, 1.165) is 5.56 Å². The predicted octanol–water partition coefficient (Wildman–Crippen LogP) is 1.77. The third-order valence-electron chi connectivity index (χ3n) is 0.876. The lowest BCUT2D eigenvalue weighted by atomic mass is 10.3. The number of hydrogen-bond acceptors (Lipinski definition) is 2. The van der Waals surface area contributed by atoms with Gasteiger partial charge in [0.15, 0.2) is 0 Å². The van der Waals surface area contributed by atoms with Gasteiger partial charge in [-0.1, -0.05) is 12.7 Å². The van der Waals surface area contributed by atoms with E-state index in [2.05, 4.69) is 16.5 Å². The molecule has 1 aromatic rings. The molecule has 1 heterocycles. The van der Waals surface area contributed by atoms with Crippen LogP contribution in [0.2, 0.25) is 5.28 Å². The van der Waals surface area contributed by atoms with Crippen molar-refractivity contribution in [1.82, 2.24) is 9.97 Å². The van der Waals surface area contributed by atoms with Crippen LogP contribution in [0.3, 0.4) is 0 Å². The highest BCUT2D eigenvalue weighted by Gasteiger charge is 1.86. The Morgan fingerprint density at radius 3 is 2.44 bits per heavy atom. The summed E-state index contributed by atoms with van der Waals surface area (Å²) in [5.41, 5.74) is 0.874. The predicted molar refractivity (Wildman–Crippen MR) is 37.1 cm³/mol. The molecule has 0 unspecified atom stereocenters. The van der Waals surface area contributed by atoms with Gasteiger partial charge in [-0.25, -0.2) is 9.97 Å². The zero-order valence-corrected chi connectivity index (χ0v) is 5.47. The molecular weight excluding hydrogens is 136 g/mol. The monoisotopic (exact) mass is 140 g/mol. The number of aromatic nitrogens is 2. The van der Waals surface area contributed by atoms with Gasteiger partial charge in [0, 0.05) is 18.0 Å². The second-order valence-electron chi connectivity index (χ2n) is 1.49. The molecule has 1 rings (SSSR count). The Morgan fingerprint density at radius 1 is 1.44 bits per heavy atom. The molecule has 3 heteroatoms. The summed E-state index contributed by atoms with van der Waals surface area (Å²) < 4.78 is 0. The minimum Gasteiger partial charge on any atom is -0.226 e. The van der Waals surface area contributed by atoms with Gasteiger partial charge < -0.3 is 0 Å². The van der Waals surface area contributed by atoms with Crippen molar-refractivity contribution < 1.29 is 0 Å². The lowest BCUT2D eigenvalue weighted by Gasteiger charge is -1.88. The van der Waals surface area contributed by atoms with E-state index >= 15 is 0 Å². The fourth-order valence-electron chi connectivity index (χ4n) is 0.428. The smallest absolute Gasteiger partial charge is 0.222 e. The highest BCUT2D eigenvalue weighted by atomic mass is 35.5. The second kappa shape index (κ2) is 2.60. The average molecular weight is 141 g/mol. The Kier molecular flexibility index (Phi) is 1.80. The first-order valence-corrected chi connectivity index (χ1v) is 2.80. The maximum atomic E-state index is 5.41. The van der Waals surface area contributed by atoms with Crippen molar-refractivity contribution in [3.8, 4) is 0 Å². The summed E-state index contributed by atoms with van der Waals surface area (Å²) in [5.74, 6) is 0. The van der Waals surface area contributed by atoms with Crippen LogP contribution < -0.4 is 0 Å². The third-order valence-corrected chi connectivity index (χ3v) is 1.07. The molecule has 0 aliphatic carbocycles. The van der Waals surface area contributed by atoms with Crippen LogP contribution in [0.4, 0.5) is 0 Å². The molecule has 1 aromatic heterocycles. The van der Waals surface area contributed by atoms with Crippen molar-refractivity contribution >= 4 is 17.7 Å². The van der Waals surface area contributed by atoms with Gasteiger partial charge in [0.05, 0.1) is 0 Å². The van der Waals surface area contributed by atoms with E-state index in [1.54, 1.807) is 18.5 Å². The van der Waals surface area contributed by atoms with E-state index in [0.29, 0.717) is 0 Å². The van der Waals surface area contributed by atoms with Gasteiger partial charge in [0.2, 0.25) is 5.28 Å². The van der Waals surface area contributed by atoms with E-state index in [4.69, 9.17) is 11.6 Å². The summed E-state index contributed by atoms with van der Waals surface area (Å²) in [6.07, 6.45) is 4.89. The van der Waals surface area contributed by atoms with Crippen LogP contribution in [-0.4, -0.2) is 9.97 Å². The molecular formula is C6H5ClN2. The van der Waals surface area contributed by atoms with Crippen LogP contribution in [0.25, 0.3) is 6.08 Å². The van der Waals surface area contributed by atoms with Gasteiger partial charge in [0.25, 0.3) is 0 Å². The summed E-state index contributed by atoms with van der Waals surface area (Å²) >= 11 is 5.41. The molecule has 0 saturated heterocycles. The molecule has 0 aromatic carbocycles. The van der Waals surface area contributed by atoms with Crippen LogP contribution in [0, 0.1) is 0 Å². The highest BCUT2D eigenvalue weighted by molar-refractivity contribution is 6.28. The molecule has 0 radical (unpaired) electrons. The second-order valence-corrected chi connectivity index (χ2v) is 1.83. The average Bonchev–Trinajstić information content (AvgIpc) is 1.90. The molecule has 46 valence electrons. The van der Waals surface area contributed by atoms with Crippen molar-refractivity contribution in [3.05, 3.63) is 29.8 Å². The molecule has 0 bridgehead atoms. The van der Waals surface area contributed by atoms with Crippen LogP contribution in [0.1, 0.15) is 5.56 Å². The van der Waals surface area contributed by atoms with E-state index in [1.807, 2.05) is 0 Å². The van der Waals surface area contributed by atoms with Crippen LogP contribution >= 0.6 is 11.6 Å². The van der Waals surface area contributed by atoms with Crippen molar-refractivity contribution in [3.63, 3.8) is 0 Å². The van der Waals surface area contributed by atoms with Crippen molar-refractivity contribution in [1.29, 1.82) is 0 Å². The minimum absolute atomic E-state index is 0.264. The lowest BCUT2D eigenvalue weighted by molar-refractivity contribution is 1.16. The zero-order valence-electron chi connectivity index (χ0n) is 4.71. The first kappa shape index (κ1) is 6.23. The fraction of sp³-hybridized carbons (Fsp3) is 0. The third kappa shape index (κ3) is 1.50. The number of nitrogens with zero attached hydrogens (tertiary/aromatic N) is 2. The van der Waals surface area contributed by atoms with Gasteiger partial charge in [-0.2, -0.15) is 0 Å². The molecule has 0 saturated carbocycles. The maximum Gasteiger partial charge on any atom is 0.222 e. The first-order valence-electron chi connectivity index (χ1n) is 2.43. The number of hydrogen-bond donors (Lipinski definition) is 0. The Hall–Kier alpha value is -0.890. The van der Waals surface area contributed by atoms with Crippen molar-refractivity contribution in [2.45, 2.75) is 0 Å². The molecule has 0 atom stereocenters. The van der Waals surface area contributed by atoms with Gasteiger partial charge >= 0.3 is 0 Å². The Labute approximate surface area is 58.2 Å². The number of halogens is 1. The molecule has 0 spiro atoms. The van der Waals surface area contributed by atoms with E-state index in [1.165, 1.54) is 0 Å². The fourth-order valence-corrected chi connectivity index (χ4v) is 0.525. The SMILES string of the molecule is C=Cc1cnc(Cl)nc1. The molecule has 0 N–H and O–H groups in total. The summed E-state index contributed by atoms with van der Waals surface area (Å²) in [4.78, 5) is 7.47. The molecule has 2 nitrogen and oxygen atoms in total. The van der Waals surface area contributed by atoms with E-state index < -0.39 is 0 Å². The van der Waals surface area contributed by atoms with Gasteiger partial charge in [-0.05, 0) is 11.6 Å². The van der Waals surface area contributed by atoms with Crippen LogP contribution in [0.15, 0.2) is 19.0 Å². The van der Waals surface area contributed by atoms with E-state index in [-0.39, 0.29) is 5.28 Å². The van der Waals surface area contributed by atoms with Gasteiger partial charge in [0.1, 0.15) is 0 Å². The van der Waals surface area contributed by atoms with Crippen molar-refractivity contribution in [2.24, 2.45) is 0 Å². The highest BCUT2D eigenvalue weighted by Crippen LogP contribution is 2.00.